The number of nitrogens with one attached hydrogen (secondary N) is 2. The highest BCUT2D eigenvalue weighted by Crippen LogP contribution is 2.26. The lowest BCUT2D eigenvalue weighted by Gasteiger charge is -2.08. The van der Waals surface area contributed by atoms with Crippen LogP contribution >= 0.6 is 23.2 Å². The van der Waals surface area contributed by atoms with Crippen LogP contribution < -0.4 is 10.6 Å². The molecule has 2 aromatic rings. The molecule has 0 fully saturated rings. The molecule has 5 nitrogen and oxygen atoms in total. The van der Waals surface area contributed by atoms with E-state index in [0.717, 1.165) is 5.56 Å². The fourth-order valence-electron chi connectivity index (χ4n) is 1.65. The molecule has 3 N–H and O–H groups in total. The van der Waals surface area contributed by atoms with Crippen molar-refractivity contribution < 1.29 is 14.7 Å². The van der Waals surface area contributed by atoms with Crippen LogP contribution in [0.3, 0.4) is 0 Å². The van der Waals surface area contributed by atoms with Gasteiger partial charge in [-0.3, -0.25) is 9.59 Å². The molecule has 0 aliphatic carbocycles. The highest BCUT2D eigenvalue weighted by atomic mass is 35.5. The molecular formula is C15H12Cl2N2O3. The number of aromatic hydroxyl groups is 1. The maximum absolute atomic E-state index is 11.8. The first-order chi connectivity index (χ1) is 10.5. The van der Waals surface area contributed by atoms with Crippen LogP contribution in [0.4, 0.5) is 5.69 Å². The third kappa shape index (κ3) is 4.38. The Kier molecular flexibility index (Phi) is 5.25. The van der Waals surface area contributed by atoms with Crippen LogP contribution in [0.1, 0.15) is 5.56 Å². The molecule has 114 valence electrons. The molecule has 22 heavy (non-hydrogen) atoms. The molecule has 0 bridgehead atoms. The van der Waals surface area contributed by atoms with Crippen molar-refractivity contribution in [3.63, 3.8) is 0 Å². The van der Waals surface area contributed by atoms with Crippen LogP contribution in [-0.2, 0) is 16.1 Å². The molecule has 2 amide bonds. The van der Waals surface area contributed by atoms with Crippen LogP contribution in [0.2, 0.25) is 10.0 Å². The summed E-state index contributed by atoms with van der Waals surface area (Å²) in [5.74, 6) is -1.90. The van der Waals surface area contributed by atoms with Crippen LogP contribution in [-0.4, -0.2) is 16.9 Å². The summed E-state index contributed by atoms with van der Waals surface area (Å²) >= 11 is 11.5. The zero-order valence-corrected chi connectivity index (χ0v) is 12.8. The predicted molar refractivity (Wildman–Crippen MR) is 85.0 cm³/mol. The van der Waals surface area contributed by atoms with Crippen LogP contribution in [0.15, 0.2) is 42.5 Å². The minimum absolute atomic E-state index is 0.0687. The molecule has 0 spiro atoms. The van der Waals surface area contributed by atoms with Crippen molar-refractivity contribution in [2.75, 3.05) is 5.32 Å². The van der Waals surface area contributed by atoms with Gasteiger partial charge >= 0.3 is 11.8 Å². The van der Waals surface area contributed by atoms with E-state index in [4.69, 9.17) is 23.2 Å². The molecule has 7 heteroatoms. The Bertz CT molecular complexity index is 702. The van der Waals surface area contributed by atoms with Gasteiger partial charge in [-0.2, -0.15) is 0 Å². The number of anilines is 1. The van der Waals surface area contributed by atoms with Crippen molar-refractivity contribution in [3.8, 4) is 5.75 Å². The lowest BCUT2D eigenvalue weighted by molar-refractivity contribution is -0.136. The van der Waals surface area contributed by atoms with Crippen LogP contribution in [0.5, 0.6) is 5.75 Å². The molecule has 0 saturated heterocycles. The van der Waals surface area contributed by atoms with Crippen molar-refractivity contribution in [1.82, 2.24) is 5.32 Å². The summed E-state index contributed by atoms with van der Waals surface area (Å²) in [6, 6.07) is 11.0. The van der Waals surface area contributed by atoms with E-state index in [0.29, 0.717) is 10.0 Å². The average molecular weight is 339 g/mol. The van der Waals surface area contributed by atoms with E-state index in [-0.39, 0.29) is 18.0 Å². The number of halogens is 2. The van der Waals surface area contributed by atoms with E-state index in [9.17, 15) is 14.7 Å². The van der Waals surface area contributed by atoms with Gasteiger partial charge < -0.3 is 15.7 Å². The van der Waals surface area contributed by atoms with E-state index in [2.05, 4.69) is 10.6 Å². The van der Waals surface area contributed by atoms with E-state index >= 15 is 0 Å². The number of amides is 2. The Labute approximate surface area is 136 Å². The summed E-state index contributed by atoms with van der Waals surface area (Å²) in [6.07, 6.45) is 0. The predicted octanol–water partition coefficient (Wildman–Crippen LogP) is 2.95. The number of benzene rings is 2. The molecule has 0 aromatic heterocycles. The smallest absolute Gasteiger partial charge is 0.313 e. The molecule has 0 atom stereocenters. The number of phenolic OH excluding ortho intramolecular Hbond substituents is 1. The Morgan fingerprint density at radius 3 is 2.27 bits per heavy atom. The van der Waals surface area contributed by atoms with Crippen LogP contribution in [0, 0.1) is 0 Å². The highest BCUT2D eigenvalue weighted by Gasteiger charge is 2.15. The van der Waals surface area contributed by atoms with Gasteiger partial charge in [0.25, 0.3) is 0 Å². The summed E-state index contributed by atoms with van der Waals surface area (Å²) < 4.78 is 0. The molecule has 0 unspecified atom stereocenters. The molecule has 0 radical (unpaired) electrons. The maximum Gasteiger partial charge on any atom is 0.313 e. The van der Waals surface area contributed by atoms with E-state index in [1.165, 1.54) is 18.2 Å². The molecule has 0 heterocycles. The van der Waals surface area contributed by atoms with Crippen molar-refractivity contribution >= 4 is 40.7 Å². The summed E-state index contributed by atoms with van der Waals surface area (Å²) in [7, 11) is 0. The molecular weight excluding hydrogens is 327 g/mol. The van der Waals surface area contributed by atoms with Gasteiger partial charge in [0.2, 0.25) is 0 Å². The monoisotopic (exact) mass is 338 g/mol. The summed E-state index contributed by atoms with van der Waals surface area (Å²) in [5, 5.41) is 15.3. The van der Waals surface area contributed by atoms with E-state index < -0.39 is 11.8 Å². The van der Waals surface area contributed by atoms with Gasteiger partial charge in [0, 0.05) is 16.6 Å². The topological polar surface area (TPSA) is 78.4 Å². The number of phenols is 1. The number of carbonyl (C=O) groups excluding carboxylic acids is 2. The van der Waals surface area contributed by atoms with E-state index in [1.54, 1.807) is 24.3 Å². The first kappa shape index (κ1) is 16.1. The normalized spacial score (nSPS) is 10.1. The second-order valence-corrected chi connectivity index (χ2v) is 5.30. The van der Waals surface area contributed by atoms with Gasteiger partial charge in [-0.05, 0) is 35.9 Å². The highest BCUT2D eigenvalue weighted by molar-refractivity contribution is 6.40. The largest absolute Gasteiger partial charge is 0.506 e. The second-order valence-electron chi connectivity index (χ2n) is 4.42. The third-order valence-electron chi connectivity index (χ3n) is 2.78. The van der Waals surface area contributed by atoms with Gasteiger partial charge in [0.1, 0.15) is 5.75 Å². The fraction of sp³-hybridized carbons (Fsp3) is 0.0667. The lowest BCUT2D eigenvalue weighted by Crippen LogP contribution is -2.34. The van der Waals surface area contributed by atoms with Gasteiger partial charge in [0.15, 0.2) is 0 Å². The van der Waals surface area contributed by atoms with Gasteiger partial charge in [-0.25, -0.2) is 0 Å². The number of hydrogen-bond donors (Lipinski definition) is 3. The SMILES string of the molecule is O=C(NCc1ccc(Cl)cc1)C(=O)Nc1cc(Cl)ccc1O. The Morgan fingerprint density at radius 2 is 1.59 bits per heavy atom. The zero-order chi connectivity index (χ0) is 16.1. The fourth-order valence-corrected chi connectivity index (χ4v) is 1.95. The standard InChI is InChI=1S/C15H12Cl2N2O3/c16-10-3-1-9(2-4-10)8-18-14(21)15(22)19-12-7-11(17)5-6-13(12)20/h1-7,20H,8H2,(H,18,21)(H,19,22). The molecule has 0 aliphatic rings. The summed E-state index contributed by atoms with van der Waals surface area (Å²) in [4.78, 5) is 23.5. The summed E-state index contributed by atoms with van der Waals surface area (Å²) in [5.41, 5.74) is 0.871. The van der Waals surface area contributed by atoms with E-state index in [1.807, 2.05) is 0 Å². The average Bonchev–Trinajstić information content (AvgIpc) is 2.50. The first-order valence-corrected chi connectivity index (χ1v) is 7.03. The minimum atomic E-state index is -0.897. The van der Waals surface area contributed by atoms with Gasteiger partial charge in [0.05, 0.1) is 5.69 Å². The lowest BCUT2D eigenvalue weighted by atomic mass is 10.2. The summed E-state index contributed by atoms with van der Waals surface area (Å²) in [6.45, 7) is 0.185. The minimum Gasteiger partial charge on any atom is -0.506 e. The quantitative estimate of drug-likeness (QED) is 0.594. The number of carbonyl (C=O) groups is 2. The van der Waals surface area contributed by atoms with Crippen molar-refractivity contribution in [1.29, 1.82) is 0 Å². The first-order valence-electron chi connectivity index (χ1n) is 6.28. The maximum atomic E-state index is 11.8. The number of rotatable bonds is 3. The van der Waals surface area contributed by atoms with Crippen molar-refractivity contribution in [2.24, 2.45) is 0 Å². The Hall–Kier alpha value is -2.24. The van der Waals surface area contributed by atoms with Crippen LogP contribution in [0.25, 0.3) is 0 Å². The zero-order valence-electron chi connectivity index (χ0n) is 11.3. The van der Waals surface area contributed by atoms with Crippen molar-refractivity contribution in [2.45, 2.75) is 6.54 Å². The number of hydrogen-bond acceptors (Lipinski definition) is 3. The van der Waals surface area contributed by atoms with Gasteiger partial charge in [-0.1, -0.05) is 35.3 Å². The molecule has 2 aromatic carbocycles. The Morgan fingerprint density at radius 1 is 0.955 bits per heavy atom. The third-order valence-corrected chi connectivity index (χ3v) is 3.27. The molecule has 0 aliphatic heterocycles. The van der Waals surface area contributed by atoms with Crippen molar-refractivity contribution in [3.05, 3.63) is 58.1 Å². The van der Waals surface area contributed by atoms with Gasteiger partial charge in [-0.15, -0.1) is 0 Å². The molecule has 0 saturated carbocycles. The second kappa shape index (κ2) is 7.15. The molecule has 2 rings (SSSR count). The Balaban J connectivity index is 1.93.